The fraction of sp³-hybridized carbons (Fsp3) is 0.636. The highest BCUT2D eigenvalue weighted by molar-refractivity contribution is 5.43. The van der Waals surface area contributed by atoms with Crippen LogP contribution in [0.2, 0.25) is 0 Å². The van der Waals surface area contributed by atoms with E-state index >= 15 is 0 Å². The maximum Gasteiger partial charge on any atom is 0.134 e. The van der Waals surface area contributed by atoms with Crippen molar-refractivity contribution < 1.29 is 4.74 Å². The van der Waals surface area contributed by atoms with Crippen LogP contribution in [-0.2, 0) is 17.6 Å². The van der Waals surface area contributed by atoms with Crippen molar-refractivity contribution in [2.75, 3.05) is 18.9 Å². The van der Waals surface area contributed by atoms with E-state index in [1.807, 2.05) is 0 Å². The zero-order chi connectivity index (χ0) is 10.3. The minimum atomic E-state index is 0.571. The summed E-state index contributed by atoms with van der Waals surface area (Å²) >= 11 is 0. The fourth-order valence-electron chi connectivity index (χ4n) is 2.02. The molecule has 0 aromatic carbocycles. The number of nitrogen functional groups attached to an aromatic ring is 1. The van der Waals surface area contributed by atoms with Crippen LogP contribution >= 0.6 is 0 Å². The predicted octanol–water partition coefficient (Wildman–Crippen LogP) is 1.05. The molecule has 0 unspecified atom stereocenters. The SMILES string of the molecule is Nc1nc(C2CC2)nc2c1CCOCC2. The van der Waals surface area contributed by atoms with E-state index in [-0.39, 0.29) is 0 Å². The summed E-state index contributed by atoms with van der Waals surface area (Å²) < 4.78 is 5.42. The summed E-state index contributed by atoms with van der Waals surface area (Å²) in [6, 6.07) is 0. The molecule has 1 aromatic rings. The van der Waals surface area contributed by atoms with Gasteiger partial charge in [0.2, 0.25) is 0 Å². The highest BCUT2D eigenvalue weighted by Gasteiger charge is 2.28. The summed E-state index contributed by atoms with van der Waals surface area (Å²) in [6.45, 7) is 1.50. The maximum atomic E-state index is 5.97. The third-order valence-corrected chi connectivity index (χ3v) is 3.06. The molecule has 80 valence electrons. The van der Waals surface area contributed by atoms with E-state index in [2.05, 4.69) is 9.97 Å². The molecule has 4 nitrogen and oxygen atoms in total. The number of rotatable bonds is 1. The van der Waals surface area contributed by atoms with Crippen molar-refractivity contribution in [1.82, 2.24) is 9.97 Å². The van der Waals surface area contributed by atoms with E-state index < -0.39 is 0 Å². The van der Waals surface area contributed by atoms with Crippen molar-refractivity contribution in [3.05, 3.63) is 17.1 Å². The van der Waals surface area contributed by atoms with Crippen LogP contribution in [0.15, 0.2) is 0 Å². The van der Waals surface area contributed by atoms with Gasteiger partial charge in [-0.25, -0.2) is 9.97 Å². The second-order valence-corrected chi connectivity index (χ2v) is 4.28. The molecule has 0 atom stereocenters. The molecule has 1 aliphatic heterocycles. The molecule has 1 saturated carbocycles. The van der Waals surface area contributed by atoms with Crippen molar-refractivity contribution in [3.63, 3.8) is 0 Å². The molecule has 0 spiro atoms. The van der Waals surface area contributed by atoms with E-state index in [4.69, 9.17) is 10.5 Å². The zero-order valence-corrected chi connectivity index (χ0v) is 8.70. The van der Waals surface area contributed by atoms with Gasteiger partial charge in [0.1, 0.15) is 11.6 Å². The van der Waals surface area contributed by atoms with Gasteiger partial charge in [-0.05, 0) is 12.8 Å². The van der Waals surface area contributed by atoms with Crippen LogP contribution in [0.3, 0.4) is 0 Å². The molecule has 0 amide bonds. The number of anilines is 1. The first kappa shape index (κ1) is 9.09. The molecular formula is C11H15N3O. The standard InChI is InChI=1S/C11H15N3O/c12-10-8-3-5-15-6-4-9(8)13-11(14-10)7-1-2-7/h7H,1-6H2,(H2,12,13,14). The Kier molecular flexibility index (Phi) is 2.09. The first-order valence-corrected chi connectivity index (χ1v) is 5.57. The molecule has 2 aliphatic rings. The van der Waals surface area contributed by atoms with Gasteiger partial charge in [0, 0.05) is 24.3 Å². The first-order chi connectivity index (χ1) is 7.34. The Hall–Kier alpha value is -1.16. The topological polar surface area (TPSA) is 61.0 Å². The number of nitrogens with two attached hydrogens (primary N) is 1. The lowest BCUT2D eigenvalue weighted by molar-refractivity contribution is 0.146. The van der Waals surface area contributed by atoms with Crippen molar-refractivity contribution in [3.8, 4) is 0 Å². The minimum Gasteiger partial charge on any atom is -0.383 e. The van der Waals surface area contributed by atoms with Crippen LogP contribution in [0.4, 0.5) is 5.82 Å². The van der Waals surface area contributed by atoms with Crippen molar-refractivity contribution in [2.45, 2.75) is 31.6 Å². The molecule has 3 rings (SSSR count). The van der Waals surface area contributed by atoms with Crippen LogP contribution in [0, 0.1) is 0 Å². The number of nitrogens with zero attached hydrogens (tertiary/aromatic N) is 2. The fourth-order valence-corrected chi connectivity index (χ4v) is 2.02. The summed E-state index contributed by atoms with van der Waals surface area (Å²) in [4.78, 5) is 9.03. The van der Waals surface area contributed by atoms with Gasteiger partial charge in [0.15, 0.2) is 0 Å². The van der Waals surface area contributed by atoms with Gasteiger partial charge in [-0.3, -0.25) is 0 Å². The van der Waals surface area contributed by atoms with Crippen molar-refractivity contribution in [1.29, 1.82) is 0 Å². The first-order valence-electron chi connectivity index (χ1n) is 5.57. The van der Waals surface area contributed by atoms with E-state index in [1.165, 1.54) is 12.8 Å². The third-order valence-electron chi connectivity index (χ3n) is 3.06. The van der Waals surface area contributed by atoms with Gasteiger partial charge in [0.25, 0.3) is 0 Å². The Balaban J connectivity index is 2.03. The number of hydrogen-bond acceptors (Lipinski definition) is 4. The molecule has 1 fully saturated rings. The predicted molar refractivity (Wildman–Crippen MR) is 56.6 cm³/mol. The molecule has 0 radical (unpaired) electrons. The highest BCUT2D eigenvalue weighted by atomic mass is 16.5. The summed E-state index contributed by atoms with van der Waals surface area (Å²) in [5, 5.41) is 0. The molecule has 4 heteroatoms. The number of aromatic nitrogens is 2. The van der Waals surface area contributed by atoms with Gasteiger partial charge in [-0.15, -0.1) is 0 Å². The Bertz CT molecular complexity index is 388. The average molecular weight is 205 g/mol. The highest BCUT2D eigenvalue weighted by Crippen LogP contribution is 2.38. The Morgan fingerprint density at radius 3 is 2.73 bits per heavy atom. The monoisotopic (exact) mass is 205 g/mol. The van der Waals surface area contributed by atoms with Gasteiger partial charge in [-0.2, -0.15) is 0 Å². The second kappa shape index (κ2) is 3.45. The van der Waals surface area contributed by atoms with Gasteiger partial charge < -0.3 is 10.5 Å². The molecule has 1 aromatic heterocycles. The van der Waals surface area contributed by atoms with Crippen LogP contribution in [0.25, 0.3) is 0 Å². The Labute approximate surface area is 88.9 Å². The van der Waals surface area contributed by atoms with Gasteiger partial charge in [0.05, 0.1) is 18.9 Å². The molecule has 2 N–H and O–H groups in total. The van der Waals surface area contributed by atoms with Gasteiger partial charge in [-0.1, -0.05) is 0 Å². The molecule has 2 heterocycles. The van der Waals surface area contributed by atoms with E-state index in [0.717, 1.165) is 43.1 Å². The van der Waals surface area contributed by atoms with Crippen LogP contribution in [0.1, 0.15) is 35.8 Å². The van der Waals surface area contributed by atoms with E-state index in [0.29, 0.717) is 11.7 Å². The molecular weight excluding hydrogens is 190 g/mol. The minimum absolute atomic E-state index is 0.571. The van der Waals surface area contributed by atoms with E-state index in [1.54, 1.807) is 0 Å². The quantitative estimate of drug-likeness (QED) is 0.744. The average Bonchev–Trinajstić information content (AvgIpc) is 3.04. The summed E-state index contributed by atoms with van der Waals surface area (Å²) in [5.41, 5.74) is 8.19. The lowest BCUT2D eigenvalue weighted by atomic mass is 10.1. The summed E-state index contributed by atoms with van der Waals surface area (Å²) in [6.07, 6.45) is 4.16. The third kappa shape index (κ3) is 1.69. The lowest BCUT2D eigenvalue weighted by Crippen LogP contribution is -2.08. The van der Waals surface area contributed by atoms with Crippen LogP contribution < -0.4 is 5.73 Å². The lowest BCUT2D eigenvalue weighted by Gasteiger charge is -2.08. The number of ether oxygens (including phenoxy) is 1. The molecule has 1 aliphatic carbocycles. The Morgan fingerprint density at radius 2 is 1.93 bits per heavy atom. The maximum absolute atomic E-state index is 5.97. The summed E-state index contributed by atoms with van der Waals surface area (Å²) in [5.74, 6) is 2.20. The second-order valence-electron chi connectivity index (χ2n) is 4.28. The van der Waals surface area contributed by atoms with Crippen molar-refractivity contribution >= 4 is 5.82 Å². The van der Waals surface area contributed by atoms with Gasteiger partial charge >= 0.3 is 0 Å². The Morgan fingerprint density at radius 1 is 1.13 bits per heavy atom. The zero-order valence-electron chi connectivity index (χ0n) is 8.70. The largest absolute Gasteiger partial charge is 0.383 e. The number of fused-ring (bicyclic) bond motifs is 1. The normalized spacial score (nSPS) is 20.8. The summed E-state index contributed by atoms with van der Waals surface area (Å²) in [7, 11) is 0. The van der Waals surface area contributed by atoms with Crippen LogP contribution in [0.5, 0.6) is 0 Å². The van der Waals surface area contributed by atoms with Crippen LogP contribution in [-0.4, -0.2) is 23.2 Å². The molecule has 15 heavy (non-hydrogen) atoms. The smallest absolute Gasteiger partial charge is 0.134 e. The van der Waals surface area contributed by atoms with Crippen molar-refractivity contribution in [2.24, 2.45) is 0 Å². The molecule has 0 bridgehead atoms. The molecule has 0 saturated heterocycles. The number of hydrogen-bond donors (Lipinski definition) is 1. The van der Waals surface area contributed by atoms with E-state index in [9.17, 15) is 0 Å².